The van der Waals surface area contributed by atoms with Crippen LogP contribution in [0.2, 0.25) is 0 Å². The highest BCUT2D eigenvalue weighted by molar-refractivity contribution is 5.62. The molecule has 6 heteroatoms. The fourth-order valence-corrected chi connectivity index (χ4v) is 1.55. The Morgan fingerprint density at radius 1 is 1.16 bits per heavy atom. The first-order valence-electron chi connectivity index (χ1n) is 5.71. The number of hydrogen-bond acceptors (Lipinski definition) is 4. The Labute approximate surface area is 109 Å². The van der Waals surface area contributed by atoms with Gasteiger partial charge in [0.2, 0.25) is 0 Å². The first-order chi connectivity index (χ1) is 9.20. The zero-order valence-corrected chi connectivity index (χ0v) is 10.4. The molecular formula is C13H13F2N3O. The Hall–Kier alpha value is -2.08. The van der Waals surface area contributed by atoms with Crippen LogP contribution in [-0.4, -0.2) is 30.2 Å². The molecule has 1 aromatic carbocycles. The van der Waals surface area contributed by atoms with Crippen LogP contribution >= 0.6 is 0 Å². The van der Waals surface area contributed by atoms with Crippen LogP contribution in [-0.2, 0) is 4.74 Å². The second-order valence-corrected chi connectivity index (χ2v) is 3.84. The number of aromatic nitrogens is 2. The molecule has 2 rings (SSSR count). The third-order valence-corrected chi connectivity index (χ3v) is 2.49. The molecule has 0 amide bonds. The van der Waals surface area contributed by atoms with E-state index in [9.17, 15) is 8.78 Å². The molecule has 4 nitrogen and oxygen atoms in total. The van der Waals surface area contributed by atoms with Gasteiger partial charge in [0.25, 0.3) is 0 Å². The number of methoxy groups -OCH3 is 1. The lowest BCUT2D eigenvalue weighted by atomic mass is 10.1. The molecule has 0 radical (unpaired) electrons. The topological polar surface area (TPSA) is 47.0 Å². The lowest BCUT2D eigenvalue weighted by Gasteiger charge is -2.06. The van der Waals surface area contributed by atoms with Gasteiger partial charge >= 0.3 is 0 Å². The predicted octanol–water partition coefficient (Wildman–Crippen LogP) is 2.48. The molecule has 1 aromatic heterocycles. The van der Waals surface area contributed by atoms with Crippen LogP contribution in [0.25, 0.3) is 11.3 Å². The Kier molecular flexibility index (Phi) is 4.35. The van der Waals surface area contributed by atoms with Crippen molar-refractivity contribution in [2.45, 2.75) is 0 Å². The summed E-state index contributed by atoms with van der Waals surface area (Å²) >= 11 is 0. The molecule has 0 aliphatic heterocycles. The summed E-state index contributed by atoms with van der Waals surface area (Å²) in [6, 6.07) is 5.32. The Balaban J connectivity index is 2.19. The molecule has 19 heavy (non-hydrogen) atoms. The summed E-state index contributed by atoms with van der Waals surface area (Å²) in [6.07, 6.45) is 1.37. The summed E-state index contributed by atoms with van der Waals surface area (Å²) in [5.74, 6) is -1.17. The van der Waals surface area contributed by atoms with E-state index in [4.69, 9.17) is 4.74 Å². The highest BCUT2D eigenvalue weighted by Crippen LogP contribution is 2.20. The minimum atomic E-state index is -0.898. The van der Waals surface area contributed by atoms with Crippen LogP contribution in [0, 0.1) is 11.6 Å². The van der Waals surface area contributed by atoms with Crippen LogP contribution in [0.4, 0.5) is 14.6 Å². The Morgan fingerprint density at radius 2 is 2.00 bits per heavy atom. The van der Waals surface area contributed by atoms with Gasteiger partial charge in [-0.1, -0.05) is 0 Å². The van der Waals surface area contributed by atoms with Gasteiger partial charge in [0.1, 0.15) is 12.1 Å². The number of ether oxygens (including phenoxy) is 1. The summed E-state index contributed by atoms with van der Waals surface area (Å²) < 4.78 is 30.9. The molecule has 100 valence electrons. The average molecular weight is 265 g/mol. The van der Waals surface area contributed by atoms with Crippen molar-refractivity contribution in [3.8, 4) is 11.3 Å². The van der Waals surface area contributed by atoms with E-state index in [2.05, 4.69) is 15.3 Å². The number of benzene rings is 1. The third kappa shape index (κ3) is 3.45. The lowest BCUT2D eigenvalue weighted by molar-refractivity contribution is 0.210. The van der Waals surface area contributed by atoms with E-state index < -0.39 is 11.6 Å². The van der Waals surface area contributed by atoms with Crippen LogP contribution in [0.3, 0.4) is 0 Å². The van der Waals surface area contributed by atoms with Crippen molar-refractivity contribution in [2.24, 2.45) is 0 Å². The summed E-state index contributed by atoms with van der Waals surface area (Å²) in [6.45, 7) is 1.15. The molecule has 1 N–H and O–H groups in total. The molecule has 0 saturated heterocycles. The quantitative estimate of drug-likeness (QED) is 0.844. The highest BCUT2D eigenvalue weighted by atomic mass is 19.2. The molecule has 0 unspecified atom stereocenters. The minimum Gasteiger partial charge on any atom is -0.383 e. The maximum Gasteiger partial charge on any atom is 0.159 e. The van der Waals surface area contributed by atoms with Crippen molar-refractivity contribution in [1.29, 1.82) is 0 Å². The van der Waals surface area contributed by atoms with Gasteiger partial charge in [0, 0.05) is 25.3 Å². The third-order valence-electron chi connectivity index (χ3n) is 2.49. The SMILES string of the molecule is COCCNc1cc(-c2ccc(F)c(F)c2)ncn1. The molecule has 0 aliphatic carbocycles. The summed E-state index contributed by atoms with van der Waals surface area (Å²) in [5.41, 5.74) is 1.02. The second-order valence-electron chi connectivity index (χ2n) is 3.84. The maximum atomic E-state index is 13.2. The smallest absolute Gasteiger partial charge is 0.159 e. The van der Waals surface area contributed by atoms with E-state index in [1.54, 1.807) is 13.2 Å². The molecule has 0 aliphatic rings. The zero-order chi connectivity index (χ0) is 13.7. The average Bonchev–Trinajstić information content (AvgIpc) is 2.43. The van der Waals surface area contributed by atoms with E-state index in [0.29, 0.717) is 30.2 Å². The minimum absolute atomic E-state index is 0.496. The Morgan fingerprint density at radius 3 is 2.74 bits per heavy atom. The number of nitrogens with one attached hydrogen (secondary N) is 1. The molecule has 0 spiro atoms. The van der Waals surface area contributed by atoms with Gasteiger partial charge in [-0.05, 0) is 18.2 Å². The monoisotopic (exact) mass is 265 g/mol. The largest absolute Gasteiger partial charge is 0.383 e. The maximum absolute atomic E-state index is 13.2. The van der Waals surface area contributed by atoms with Crippen molar-refractivity contribution in [1.82, 2.24) is 9.97 Å². The zero-order valence-electron chi connectivity index (χ0n) is 10.4. The first kappa shape index (κ1) is 13.4. The standard InChI is InChI=1S/C13H13F2N3O/c1-19-5-4-16-13-7-12(17-8-18-13)9-2-3-10(14)11(15)6-9/h2-3,6-8H,4-5H2,1H3,(H,16,17,18). The van der Waals surface area contributed by atoms with Crippen LogP contribution in [0.1, 0.15) is 0 Å². The summed E-state index contributed by atoms with van der Waals surface area (Å²) in [4.78, 5) is 8.07. The number of hydrogen-bond donors (Lipinski definition) is 1. The highest BCUT2D eigenvalue weighted by Gasteiger charge is 2.06. The van der Waals surface area contributed by atoms with Crippen molar-refractivity contribution < 1.29 is 13.5 Å². The summed E-state index contributed by atoms with van der Waals surface area (Å²) in [5, 5.41) is 3.04. The van der Waals surface area contributed by atoms with Gasteiger partial charge < -0.3 is 10.1 Å². The number of rotatable bonds is 5. The van der Waals surface area contributed by atoms with Crippen molar-refractivity contribution in [2.75, 3.05) is 25.6 Å². The summed E-state index contributed by atoms with van der Waals surface area (Å²) in [7, 11) is 1.61. The van der Waals surface area contributed by atoms with E-state index in [1.165, 1.54) is 12.4 Å². The molecular weight excluding hydrogens is 252 g/mol. The van der Waals surface area contributed by atoms with E-state index in [1.807, 2.05) is 0 Å². The van der Waals surface area contributed by atoms with Gasteiger partial charge in [-0.2, -0.15) is 0 Å². The molecule has 1 heterocycles. The van der Waals surface area contributed by atoms with Crippen LogP contribution in [0.15, 0.2) is 30.6 Å². The van der Waals surface area contributed by atoms with Gasteiger partial charge in [-0.25, -0.2) is 18.7 Å². The van der Waals surface area contributed by atoms with Crippen LogP contribution < -0.4 is 5.32 Å². The van der Waals surface area contributed by atoms with Gasteiger partial charge in [-0.15, -0.1) is 0 Å². The van der Waals surface area contributed by atoms with E-state index in [0.717, 1.165) is 12.1 Å². The van der Waals surface area contributed by atoms with Gasteiger partial charge in [0.15, 0.2) is 11.6 Å². The Bertz CT molecular complexity index is 563. The molecule has 0 saturated carbocycles. The van der Waals surface area contributed by atoms with Crippen LogP contribution in [0.5, 0.6) is 0 Å². The van der Waals surface area contributed by atoms with Crippen molar-refractivity contribution >= 4 is 5.82 Å². The number of nitrogens with zero attached hydrogens (tertiary/aromatic N) is 2. The first-order valence-corrected chi connectivity index (χ1v) is 5.71. The normalized spacial score (nSPS) is 10.5. The van der Waals surface area contributed by atoms with Gasteiger partial charge in [-0.3, -0.25) is 0 Å². The van der Waals surface area contributed by atoms with Crippen molar-refractivity contribution in [3.05, 3.63) is 42.2 Å². The predicted molar refractivity (Wildman–Crippen MR) is 67.7 cm³/mol. The number of halogens is 2. The fourth-order valence-electron chi connectivity index (χ4n) is 1.55. The fraction of sp³-hybridized carbons (Fsp3) is 0.231. The van der Waals surface area contributed by atoms with Gasteiger partial charge in [0.05, 0.1) is 12.3 Å². The number of anilines is 1. The molecule has 2 aromatic rings. The molecule has 0 bridgehead atoms. The lowest BCUT2D eigenvalue weighted by Crippen LogP contribution is -2.09. The second kappa shape index (κ2) is 6.19. The molecule has 0 fully saturated rings. The van der Waals surface area contributed by atoms with E-state index >= 15 is 0 Å². The molecule has 0 atom stereocenters. The van der Waals surface area contributed by atoms with Crippen molar-refractivity contribution in [3.63, 3.8) is 0 Å². The van der Waals surface area contributed by atoms with E-state index in [-0.39, 0.29) is 0 Å².